The van der Waals surface area contributed by atoms with E-state index in [4.69, 9.17) is 20.5 Å². The summed E-state index contributed by atoms with van der Waals surface area (Å²) in [5.41, 5.74) is 1.14. The maximum absolute atomic E-state index is 6.10. The molecule has 18 heavy (non-hydrogen) atoms. The van der Waals surface area contributed by atoms with Gasteiger partial charge in [0.05, 0.1) is 0 Å². The molecule has 102 valence electrons. The van der Waals surface area contributed by atoms with E-state index in [-0.39, 0.29) is 0 Å². The molecule has 0 aromatic heterocycles. The molecule has 0 spiro atoms. The standard InChI is InChI=1S/C14H23ClO2Si/c1-4-11-18(16-5-2,17-6-3)14-10-8-7-9-13(14)12-15/h7-10H,4-6,11-12H2,1-3H3. The van der Waals surface area contributed by atoms with Gasteiger partial charge in [-0.05, 0) is 30.6 Å². The number of hydrogen-bond acceptors (Lipinski definition) is 2. The first-order valence-corrected chi connectivity index (χ1v) is 9.22. The predicted octanol–water partition coefficient (Wildman–Crippen LogP) is 3.56. The molecule has 4 heteroatoms. The highest BCUT2D eigenvalue weighted by Gasteiger charge is 2.40. The molecule has 0 aliphatic heterocycles. The predicted molar refractivity (Wildman–Crippen MR) is 79.7 cm³/mol. The lowest BCUT2D eigenvalue weighted by atomic mass is 10.2. The first-order chi connectivity index (χ1) is 8.74. The van der Waals surface area contributed by atoms with Gasteiger partial charge in [0.15, 0.2) is 0 Å². The van der Waals surface area contributed by atoms with Crippen molar-refractivity contribution >= 4 is 25.3 Å². The van der Waals surface area contributed by atoms with Crippen LogP contribution in [0, 0.1) is 0 Å². The number of rotatable bonds is 8. The summed E-state index contributed by atoms with van der Waals surface area (Å²) in [5, 5.41) is 1.20. The monoisotopic (exact) mass is 286 g/mol. The second-order valence-corrected chi connectivity index (χ2v) is 7.55. The molecule has 1 rings (SSSR count). The topological polar surface area (TPSA) is 18.5 Å². The van der Waals surface area contributed by atoms with Crippen molar-refractivity contribution in [3.63, 3.8) is 0 Å². The molecule has 0 heterocycles. The van der Waals surface area contributed by atoms with Gasteiger partial charge in [0, 0.05) is 19.1 Å². The molecule has 0 saturated heterocycles. The second kappa shape index (κ2) is 7.95. The number of benzene rings is 1. The van der Waals surface area contributed by atoms with Crippen LogP contribution in [0.5, 0.6) is 0 Å². The van der Waals surface area contributed by atoms with E-state index in [9.17, 15) is 0 Å². The van der Waals surface area contributed by atoms with Crippen LogP contribution in [0.15, 0.2) is 24.3 Å². The first-order valence-electron chi connectivity index (χ1n) is 6.66. The third-order valence-corrected chi connectivity index (χ3v) is 7.17. The Hall–Kier alpha value is -0.353. The minimum Gasteiger partial charge on any atom is -0.391 e. The van der Waals surface area contributed by atoms with Gasteiger partial charge in [-0.1, -0.05) is 37.6 Å². The van der Waals surface area contributed by atoms with E-state index in [0.29, 0.717) is 19.1 Å². The lowest BCUT2D eigenvalue weighted by molar-refractivity contribution is 0.195. The zero-order chi connectivity index (χ0) is 13.4. The van der Waals surface area contributed by atoms with Crippen molar-refractivity contribution in [1.82, 2.24) is 0 Å². The number of halogens is 1. The zero-order valence-electron chi connectivity index (χ0n) is 11.5. The molecule has 0 aliphatic carbocycles. The summed E-state index contributed by atoms with van der Waals surface area (Å²) in [7, 11) is -2.32. The van der Waals surface area contributed by atoms with Gasteiger partial charge in [-0.25, -0.2) is 0 Å². The average molecular weight is 287 g/mol. The van der Waals surface area contributed by atoms with Crippen LogP contribution in [-0.2, 0) is 14.7 Å². The number of hydrogen-bond donors (Lipinski definition) is 0. The highest BCUT2D eigenvalue weighted by atomic mass is 35.5. The van der Waals surface area contributed by atoms with Crippen LogP contribution in [0.4, 0.5) is 0 Å². The van der Waals surface area contributed by atoms with Gasteiger partial charge in [-0.2, -0.15) is 0 Å². The van der Waals surface area contributed by atoms with Crippen molar-refractivity contribution in [3.05, 3.63) is 29.8 Å². The maximum atomic E-state index is 6.10. The molecule has 0 radical (unpaired) electrons. The van der Waals surface area contributed by atoms with E-state index >= 15 is 0 Å². The zero-order valence-corrected chi connectivity index (χ0v) is 13.3. The number of alkyl halides is 1. The molecule has 0 fully saturated rings. The van der Waals surface area contributed by atoms with Crippen LogP contribution < -0.4 is 5.19 Å². The molecule has 0 N–H and O–H groups in total. The van der Waals surface area contributed by atoms with Gasteiger partial charge in [0.1, 0.15) is 0 Å². The molecule has 0 atom stereocenters. The van der Waals surface area contributed by atoms with Gasteiger partial charge in [0.2, 0.25) is 0 Å². The Morgan fingerprint density at radius 1 is 1.06 bits per heavy atom. The smallest absolute Gasteiger partial charge is 0.372 e. The molecular formula is C14H23ClO2Si. The van der Waals surface area contributed by atoms with Crippen LogP contribution >= 0.6 is 11.6 Å². The second-order valence-electron chi connectivity index (χ2n) is 4.16. The van der Waals surface area contributed by atoms with Crippen molar-refractivity contribution in [2.75, 3.05) is 13.2 Å². The van der Waals surface area contributed by atoms with Gasteiger partial charge in [-0.15, -0.1) is 11.6 Å². The average Bonchev–Trinajstić information content (AvgIpc) is 2.39. The van der Waals surface area contributed by atoms with Gasteiger partial charge < -0.3 is 8.85 Å². The largest absolute Gasteiger partial charge is 0.391 e. The van der Waals surface area contributed by atoms with Crippen LogP contribution in [0.2, 0.25) is 6.04 Å². The fourth-order valence-electron chi connectivity index (χ4n) is 2.28. The molecule has 1 aromatic rings. The highest BCUT2D eigenvalue weighted by molar-refractivity contribution is 6.81. The van der Waals surface area contributed by atoms with Gasteiger partial charge in [-0.3, -0.25) is 0 Å². The van der Waals surface area contributed by atoms with Crippen LogP contribution in [0.1, 0.15) is 32.8 Å². The van der Waals surface area contributed by atoms with Crippen molar-refractivity contribution < 1.29 is 8.85 Å². The Morgan fingerprint density at radius 3 is 2.17 bits per heavy atom. The summed E-state index contributed by atoms with van der Waals surface area (Å²) in [6.07, 6.45) is 1.06. The Morgan fingerprint density at radius 2 is 1.67 bits per heavy atom. The van der Waals surface area contributed by atoms with E-state index in [1.807, 2.05) is 26.0 Å². The maximum Gasteiger partial charge on any atom is 0.372 e. The van der Waals surface area contributed by atoms with Crippen molar-refractivity contribution in [3.8, 4) is 0 Å². The minimum atomic E-state index is -2.32. The molecule has 0 unspecified atom stereocenters. The van der Waals surface area contributed by atoms with E-state index < -0.39 is 8.56 Å². The highest BCUT2D eigenvalue weighted by Crippen LogP contribution is 2.19. The Labute approximate surface area is 117 Å². The minimum absolute atomic E-state index is 0.509. The van der Waals surface area contributed by atoms with E-state index in [0.717, 1.165) is 18.0 Å². The SMILES string of the molecule is CCC[Si](OCC)(OCC)c1ccccc1CCl. The van der Waals surface area contributed by atoms with E-state index in [1.54, 1.807) is 0 Å². The third kappa shape index (κ3) is 3.57. The Bertz CT molecular complexity index is 340. The Balaban J connectivity index is 3.20. The first kappa shape index (κ1) is 15.7. The van der Waals surface area contributed by atoms with Crippen LogP contribution in [0.25, 0.3) is 0 Å². The fourth-order valence-corrected chi connectivity index (χ4v) is 6.18. The molecule has 0 aliphatic rings. The summed E-state index contributed by atoms with van der Waals surface area (Å²) in [6.45, 7) is 7.59. The van der Waals surface area contributed by atoms with Crippen LogP contribution in [0.3, 0.4) is 0 Å². The summed E-state index contributed by atoms with van der Waals surface area (Å²) in [4.78, 5) is 0. The normalized spacial score (nSPS) is 11.8. The van der Waals surface area contributed by atoms with Gasteiger partial charge in [0.25, 0.3) is 0 Å². The summed E-state index contributed by atoms with van der Waals surface area (Å²) >= 11 is 6.05. The molecule has 0 saturated carbocycles. The molecular weight excluding hydrogens is 264 g/mol. The third-order valence-electron chi connectivity index (χ3n) is 2.91. The van der Waals surface area contributed by atoms with Crippen LogP contribution in [-0.4, -0.2) is 21.8 Å². The summed E-state index contributed by atoms with van der Waals surface area (Å²) in [6, 6.07) is 9.22. The van der Waals surface area contributed by atoms with Gasteiger partial charge >= 0.3 is 8.56 Å². The fraction of sp³-hybridized carbons (Fsp3) is 0.571. The van der Waals surface area contributed by atoms with E-state index in [1.165, 1.54) is 5.19 Å². The summed E-state index contributed by atoms with van der Waals surface area (Å²) in [5.74, 6) is 0.509. The molecule has 1 aromatic carbocycles. The van der Waals surface area contributed by atoms with Crippen molar-refractivity contribution in [1.29, 1.82) is 0 Å². The lowest BCUT2D eigenvalue weighted by Crippen LogP contribution is -2.55. The lowest BCUT2D eigenvalue weighted by Gasteiger charge is -2.31. The Kier molecular flexibility index (Phi) is 6.93. The molecule has 2 nitrogen and oxygen atoms in total. The molecule has 0 amide bonds. The summed E-state index contributed by atoms with van der Waals surface area (Å²) < 4.78 is 12.2. The van der Waals surface area contributed by atoms with Crippen molar-refractivity contribution in [2.45, 2.75) is 39.1 Å². The molecule has 0 bridgehead atoms. The van der Waals surface area contributed by atoms with E-state index in [2.05, 4.69) is 19.1 Å². The van der Waals surface area contributed by atoms with Crippen molar-refractivity contribution in [2.24, 2.45) is 0 Å². The quantitative estimate of drug-likeness (QED) is 0.537.